The Labute approximate surface area is 119 Å². The molecule has 18 heavy (non-hydrogen) atoms. The van der Waals surface area contributed by atoms with E-state index in [9.17, 15) is 0 Å². The zero-order valence-electron chi connectivity index (χ0n) is 10.5. The molecule has 0 spiro atoms. The molecule has 0 saturated heterocycles. The zero-order chi connectivity index (χ0) is 13.0. The molecule has 0 heterocycles. The van der Waals surface area contributed by atoms with Crippen LogP contribution in [0.15, 0.2) is 48.5 Å². The van der Waals surface area contributed by atoms with Crippen molar-refractivity contribution < 1.29 is 0 Å². The van der Waals surface area contributed by atoms with E-state index in [0.29, 0.717) is 26.3 Å². The minimum atomic E-state index is 0.542. The van der Waals surface area contributed by atoms with Crippen LogP contribution < -0.4 is 19.6 Å². The Bertz CT molecular complexity index is 492. The van der Waals surface area contributed by atoms with Crippen LogP contribution in [0.5, 0.6) is 0 Å². The topological polar surface area (TPSA) is 29.3 Å². The van der Waals surface area contributed by atoms with E-state index in [1.165, 1.54) is 14.6 Å². The first kappa shape index (κ1) is 13.5. The van der Waals surface area contributed by atoms with Gasteiger partial charge in [0, 0.05) is 0 Å². The van der Waals surface area contributed by atoms with Gasteiger partial charge in [-0.15, -0.1) is 0 Å². The Morgan fingerprint density at radius 3 is 1.67 bits per heavy atom. The first-order valence-electron chi connectivity index (χ1n) is 5.62. The molecular weight excluding hydrogens is 354 g/mol. The molecule has 0 unspecified atom stereocenters. The van der Waals surface area contributed by atoms with E-state index in [1.54, 1.807) is 0 Å². The fraction of sp³-hybridized carbons (Fsp3) is 0.143. The van der Waals surface area contributed by atoms with Crippen molar-refractivity contribution in [3.8, 4) is 0 Å². The maximum atomic E-state index is 5.69. The Hall–Kier alpha value is -0.921. The number of nitrogen functional groups attached to an aromatic ring is 1. The van der Waals surface area contributed by atoms with Gasteiger partial charge in [0.2, 0.25) is 0 Å². The Balaban J connectivity index is 1.95. The molecule has 0 aliphatic heterocycles. The number of hydrogen-bond donors (Lipinski definition) is 1. The Kier molecular flexibility index (Phi) is 4.73. The molecule has 2 nitrogen and oxygen atoms in total. The van der Waals surface area contributed by atoms with Crippen LogP contribution in [-0.4, -0.2) is 40.4 Å². The van der Waals surface area contributed by atoms with Crippen molar-refractivity contribution in [2.24, 2.45) is 0 Å². The summed E-state index contributed by atoms with van der Waals surface area (Å²) >= 11 is 1.09. The Morgan fingerprint density at radius 2 is 1.22 bits per heavy atom. The summed E-state index contributed by atoms with van der Waals surface area (Å²) in [7, 11) is 4.14. The molecule has 0 saturated carbocycles. The number of nitrogens with two attached hydrogens (primary N) is 1. The van der Waals surface area contributed by atoms with E-state index in [0.717, 1.165) is 5.69 Å². The van der Waals surface area contributed by atoms with Gasteiger partial charge in [-0.1, -0.05) is 0 Å². The van der Waals surface area contributed by atoms with Gasteiger partial charge in [-0.3, -0.25) is 0 Å². The van der Waals surface area contributed by atoms with Crippen molar-refractivity contribution in [3.63, 3.8) is 0 Å². The molecule has 0 amide bonds. The van der Waals surface area contributed by atoms with Gasteiger partial charge >= 0.3 is 120 Å². The van der Waals surface area contributed by atoms with Gasteiger partial charge in [-0.25, -0.2) is 0 Å². The number of hydrogen-bond acceptors (Lipinski definition) is 2. The molecular formula is C14H16N2Se2. The van der Waals surface area contributed by atoms with E-state index in [-0.39, 0.29) is 0 Å². The first-order valence-corrected chi connectivity index (χ1v) is 11.7. The first-order chi connectivity index (χ1) is 8.65. The fourth-order valence-corrected chi connectivity index (χ4v) is 7.38. The summed E-state index contributed by atoms with van der Waals surface area (Å²) in [6.07, 6.45) is 0. The van der Waals surface area contributed by atoms with Gasteiger partial charge in [0.25, 0.3) is 0 Å². The second-order valence-electron chi connectivity index (χ2n) is 4.12. The van der Waals surface area contributed by atoms with Crippen molar-refractivity contribution in [1.82, 2.24) is 0 Å². The third kappa shape index (κ3) is 3.79. The van der Waals surface area contributed by atoms with Crippen LogP contribution in [0.25, 0.3) is 0 Å². The Morgan fingerprint density at radius 1 is 0.778 bits per heavy atom. The van der Waals surface area contributed by atoms with Crippen molar-refractivity contribution in [3.05, 3.63) is 48.5 Å². The van der Waals surface area contributed by atoms with Crippen LogP contribution >= 0.6 is 0 Å². The van der Waals surface area contributed by atoms with Gasteiger partial charge in [0.15, 0.2) is 0 Å². The summed E-state index contributed by atoms with van der Waals surface area (Å²) in [6, 6.07) is 17.1. The van der Waals surface area contributed by atoms with Crippen molar-refractivity contribution >= 4 is 46.6 Å². The molecule has 94 valence electrons. The predicted molar refractivity (Wildman–Crippen MR) is 82.4 cm³/mol. The van der Waals surface area contributed by atoms with Gasteiger partial charge < -0.3 is 0 Å². The van der Waals surface area contributed by atoms with E-state index < -0.39 is 0 Å². The number of benzene rings is 2. The van der Waals surface area contributed by atoms with Crippen molar-refractivity contribution in [1.29, 1.82) is 0 Å². The molecule has 2 rings (SSSR count). The summed E-state index contributed by atoms with van der Waals surface area (Å²) in [4.78, 5) is 2.13. The molecule has 0 radical (unpaired) electrons. The molecule has 0 atom stereocenters. The van der Waals surface area contributed by atoms with Crippen LogP contribution in [0.4, 0.5) is 11.4 Å². The van der Waals surface area contributed by atoms with Gasteiger partial charge in [-0.2, -0.15) is 0 Å². The predicted octanol–water partition coefficient (Wildman–Crippen LogP) is 0.609. The zero-order valence-corrected chi connectivity index (χ0v) is 13.9. The minimum absolute atomic E-state index is 0.542. The van der Waals surface area contributed by atoms with Crippen LogP contribution in [-0.2, 0) is 0 Å². The standard InChI is InChI=1S/C14H16N2Se2/c1-16(2)12-5-9-14(10-6-12)18-17-13-7-3-11(15)4-8-13/h3-10H,15H2,1-2H3. The average Bonchev–Trinajstić information content (AvgIpc) is 2.38. The van der Waals surface area contributed by atoms with Crippen molar-refractivity contribution in [2.75, 3.05) is 24.7 Å². The molecule has 0 bridgehead atoms. The third-order valence-electron chi connectivity index (χ3n) is 2.47. The molecule has 2 aromatic carbocycles. The summed E-state index contributed by atoms with van der Waals surface area (Å²) in [5, 5.41) is 0. The average molecular weight is 370 g/mol. The summed E-state index contributed by atoms with van der Waals surface area (Å²) < 4.78 is 2.89. The summed E-state index contributed by atoms with van der Waals surface area (Å²) in [5.74, 6) is 0. The number of nitrogens with zero attached hydrogens (tertiary/aromatic N) is 1. The molecule has 0 aromatic heterocycles. The molecule has 0 aliphatic rings. The summed E-state index contributed by atoms with van der Waals surface area (Å²) in [5.41, 5.74) is 7.79. The second-order valence-corrected chi connectivity index (χ2v) is 10.4. The fourth-order valence-electron chi connectivity index (χ4n) is 1.42. The van der Waals surface area contributed by atoms with Gasteiger partial charge in [0.1, 0.15) is 0 Å². The van der Waals surface area contributed by atoms with E-state index in [4.69, 9.17) is 5.73 Å². The summed E-state index contributed by atoms with van der Waals surface area (Å²) in [6.45, 7) is 0. The van der Waals surface area contributed by atoms with Crippen LogP contribution in [0.3, 0.4) is 0 Å². The van der Waals surface area contributed by atoms with E-state index in [2.05, 4.69) is 55.4 Å². The van der Waals surface area contributed by atoms with E-state index in [1.807, 2.05) is 12.1 Å². The number of rotatable bonds is 4. The molecule has 2 aromatic rings. The SMILES string of the molecule is CN(C)c1ccc([Se][Se]c2ccc(N)cc2)cc1. The van der Waals surface area contributed by atoms with Crippen molar-refractivity contribution in [2.45, 2.75) is 0 Å². The molecule has 0 aliphatic carbocycles. The molecule has 0 fully saturated rings. The monoisotopic (exact) mass is 372 g/mol. The maximum absolute atomic E-state index is 5.69. The number of anilines is 2. The molecule has 4 heteroatoms. The second kappa shape index (κ2) is 6.31. The van der Waals surface area contributed by atoms with E-state index >= 15 is 0 Å². The quantitative estimate of drug-likeness (QED) is 0.632. The normalized spacial score (nSPS) is 10.3. The third-order valence-corrected chi connectivity index (χ3v) is 9.70. The van der Waals surface area contributed by atoms with Crippen LogP contribution in [0.2, 0.25) is 0 Å². The van der Waals surface area contributed by atoms with Gasteiger partial charge in [-0.05, 0) is 0 Å². The van der Waals surface area contributed by atoms with Crippen LogP contribution in [0, 0.1) is 0 Å². The molecule has 2 N–H and O–H groups in total. The van der Waals surface area contributed by atoms with Crippen LogP contribution in [0.1, 0.15) is 0 Å². The van der Waals surface area contributed by atoms with Gasteiger partial charge in [0.05, 0.1) is 0 Å².